The molecule has 184 valence electrons. The van der Waals surface area contributed by atoms with Crippen LogP contribution in [0.4, 0.5) is 5.69 Å². The van der Waals surface area contributed by atoms with Gasteiger partial charge in [0.2, 0.25) is 5.90 Å². The van der Waals surface area contributed by atoms with Crippen molar-refractivity contribution in [3.63, 3.8) is 0 Å². The second-order valence-electron chi connectivity index (χ2n) is 7.44. The van der Waals surface area contributed by atoms with Crippen molar-refractivity contribution >= 4 is 67.1 Å². The Labute approximate surface area is 227 Å². The molecule has 0 radical (unpaired) electrons. The third-order valence-corrected chi connectivity index (χ3v) is 6.32. The van der Waals surface area contributed by atoms with E-state index in [0.717, 1.165) is 10.0 Å². The lowest BCUT2D eigenvalue weighted by Gasteiger charge is -2.15. The van der Waals surface area contributed by atoms with E-state index in [0.29, 0.717) is 34.7 Å². The van der Waals surface area contributed by atoms with Gasteiger partial charge in [0, 0.05) is 16.1 Å². The fourth-order valence-corrected chi connectivity index (χ4v) is 4.54. The average molecular weight is 637 g/mol. The van der Waals surface area contributed by atoms with Crippen LogP contribution < -0.4 is 9.47 Å². The fourth-order valence-electron chi connectivity index (χ4n) is 3.33. The van der Waals surface area contributed by atoms with Gasteiger partial charge in [-0.2, -0.15) is 0 Å². The number of nitrogens with zero attached hydrogens (tertiary/aromatic N) is 2. The van der Waals surface area contributed by atoms with Crippen LogP contribution in [0.3, 0.4) is 0 Å². The predicted octanol–water partition coefficient (Wildman–Crippen LogP) is 7.10. The van der Waals surface area contributed by atoms with Crippen molar-refractivity contribution in [2.24, 2.45) is 4.99 Å². The number of esters is 1. The summed E-state index contributed by atoms with van der Waals surface area (Å²) in [6.45, 7) is 2.58. The van der Waals surface area contributed by atoms with E-state index in [2.05, 4.69) is 36.9 Å². The lowest BCUT2D eigenvalue weighted by atomic mass is 10.1. The zero-order valence-corrected chi connectivity index (χ0v) is 22.6. The molecule has 1 heterocycles. The molecule has 1 aliphatic rings. The van der Waals surface area contributed by atoms with E-state index < -0.39 is 10.9 Å². The number of carbonyl (C=O) groups is 1. The lowest BCUT2D eigenvalue weighted by molar-refractivity contribution is -0.384. The summed E-state index contributed by atoms with van der Waals surface area (Å²) >= 11 is 12.8. The smallest absolute Gasteiger partial charge is 0.363 e. The Bertz CT molecular complexity index is 1420. The van der Waals surface area contributed by atoms with Crippen LogP contribution in [0.5, 0.6) is 11.5 Å². The minimum Gasteiger partial charge on any atom is -0.490 e. The maximum atomic E-state index is 12.5. The van der Waals surface area contributed by atoms with Crippen molar-refractivity contribution in [3.8, 4) is 11.5 Å². The SMILES string of the molecule is CCOc1cc(/C=C2\N=C(c3ccc(Cl)c([N+](=O)[O-])c3)OC2=O)cc(Br)c1OCc1cccc(Br)c1. The molecule has 0 saturated carbocycles. The molecule has 8 nitrogen and oxygen atoms in total. The van der Waals surface area contributed by atoms with Crippen LogP contribution in [0.25, 0.3) is 6.08 Å². The predicted molar refractivity (Wildman–Crippen MR) is 142 cm³/mol. The Hall–Kier alpha value is -3.21. The highest BCUT2D eigenvalue weighted by atomic mass is 79.9. The number of aliphatic imine (C=N–C) groups is 1. The lowest BCUT2D eigenvalue weighted by Crippen LogP contribution is -2.06. The summed E-state index contributed by atoms with van der Waals surface area (Å²) < 4.78 is 18.6. The molecule has 0 bridgehead atoms. The Balaban J connectivity index is 1.63. The second kappa shape index (κ2) is 11.2. The van der Waals surface area contributed by atoms with Crippen molar-refractivity contribution in [2.75, 3.05) is 6.61 Å². The summed E-state index contributed by atoms with van der Waals surface area (Å²) in [4.78, 5) is 27.2. The Morgan fingerprint density at radius 3 is 2.67 bits per heavy atom. The Morgan fingerprint density at radius 2 is 1.94 bits per heavy atom. The number of hydrogen-bond acceptors (Lipinski definition) is 7. The first-order valence-electron chi connectivity index (χ1n) is 10.6. The summed E-state index contributed by atoms with van der Waals surface area (Å²) in [5.74, 6) is 0.263. The number of rotatable bonds is 8. The fraction of sp³-hybridized carbons (Fsp3) is 0.120. The van der Waals surface area contributed by atoms with Gasteiger partial charge < -0.3 is 14.2 Å². The zero-order valence-electron chi connectivity index (χ0n) is 18.7. The summed E-state index contributed by atoms with van der Waals surface area (Å²) in [7, 11) is 0. The minimum absolute atomic E-state index is 0.0276. The van der Waals surface area contributed by atoms with Gasteiger partial charge in [-0.15, -0.1) is 0 Å². The first-order chi connectivity index (χ1) is 17.2. The number of benzene rings is 3. The quantitative estimate of drug-likeness (QED) is 0.113. The highest BCUT2D eigenvalue weighted by Crippen LogP contribution is 2.38. The van der Waals surface area contributed by atoms with Gasteiger partial charge in [0.1, 0.15) is 11.6 Å². The van der Waals surface area contributed by atoms with Gasteiger partial charge in [-0.05, 0) is 76.5 Å². The molecule has 0 aliphatic carbocycles. The zero-order chi connectivity index (χ0) is 25.8. The van der Waals surface area contributed by atoms with Crippen LogP contribution in [-0.2, 0) is 16.1 Å². The van der Waals surface area contributed by atoms with E-state index in [-0.39, 0.29) is 27.9 Å². The van der Waals surface area contributed by atoms with Crippen LogP contribution in [0.1, 0.15) is 23.6 Å². The van der Waals surface area contributed by atoms with Crippen LogP contribution in [0.2, 0.25) is 5.02 Å². The highest BCUT2D eigenvalue weighted by Gasteiger charge is 2.26. The summed E-state index contributed by atoms with van der Waals surface area (Å²) in [6, 6.07) is 15.3. The highest BCUT2D eigenvalue weighted by molar-refractivity contribution is 9.10. The monoisotopic (exact) mass is 634 g/mol. The molecule has 36 heavy (non-hydrogen) atoms. The molecule has 0 fully saturated rings. The van der Waals surface area contributed by atoms with E-state index in [9.17, 15) is 14.9 Å². The molecule has 0 saturated heterocycles. The van der Waals surface area contributed by atoms with Crippen molar-refractivity contribution in [2.45, 2.75) is 13.5 Å². The van der Waals surface area contributed by atoms with E-state index >= 15 is 0 Å². The molecule has 0 atom stereocenters. The number of hydrogen-bond donors (Lipinski definition) is 0. The van der Waals surface area contributed by atoms with Crippen molar-refractivity contribution in [3.05, 3.63) is 101 Å². The third-order valence-electron chi connectivity index (χ3n) is 4.92. The third kappa shape index (κ3) is 5.95. The molecule has 1 aliphatic heterocycles. The first-order valence-corrected chi connectivity index (χ1v) is 12.5. The summed E-state index contributed by atoms with van der Waals surface area (Å²) in [5, 5.41) is 11.2. The molecule has 3 aromatic carbocycles. The molecule has 0 N–H and O–H groups in total. The van der Waals surface area contributed by atoms with E-state index in [4.69, 9.17) is 25.8 Å². The van der Waals surface area contributed by atoms with Crippen LogP contribution in [-0.4, -0.2) is 23.4 Å². The van der Waals surface area contributed by atoms with Gasteiger partial charge >= 0.3 is 5.97 Å². The van der Waals surface area contributed by atoms with Gasteiger partial charge in [-0.25, -0.2) is 9.79 Å². The van der Waals surface area contributed by atoms with E-state index in [1.54, 1.807) is 12.1 Å². The van der Waals surface area contributed by atoms with Gasteiger partial charge in [0.15, 0.2) is 17.2 Å². The molecule has 11 heteroatoms. The largest absolute Gasteiger partial charge is 0.490 e. The maximum absolute atomic E-state index is 12.5. The Kier molecular flexibility index (Phi) is 8.07. The van der Waals surface area contributed by atoms with Gasteiger partial charge in [-0.1, -0.05) is 39.7 Å². The summed E-state index contributed by atoms with van der Waals surface area (Å²) in [5.41, 5.74) is 1.56. The first kappa shape index (κ1) is 25.9. The topological polar surface area (TPSA) is 100 Å². The standard InChI is InChI=1S/C25H17Br2ClN2O6/c1-2-34-22-11-15(9-18(27)23(22)35-13-14-4-3-5-17(26)8-14)10-20-25(31)36-24(29-20)16-6-7-19(28)21(12-16)30(32)33/h3-12H,2,13H2,1H3/b20-10-. The van der Waals surface area contributed by atoms with Crippen LogP contribution in [0, 0.1) is 10.1 Å². The van der Waals surface area contributed by atoms with E-state index in [1.807, 2.05) is 31.2 Å². The molecule has 0 aromatic heterocycles. The number of nitro groups is 1. The van der Waals surface area contributed by atoms with Crippen LogP contribution >= 0.6 is 43.5 Å². The number of nitro benzene ring substituents is 1. The number of halogens is 3. The molecular formula is C25H17Br2ClN2O6. The number of ether oxygens (including phenoxy) is 3. The molecular weight excluding hydrogens is 620 g/mol. The molecule has 0 amide bonds. The van der Waals surface area contributed by atoms with Gasteiger partial charge in [0.05, 0.1) is 16.0 Å². The van der Waals surface area contributed by atoms with E-state index in [1.165, 1.54) is 24.3 Å². The normalized spacial score (nSPS) is 13.9. The molecule has 0 unspecified atom stereocenters. The average Bonchev–Trinajstić information content (AvgIpc) is 3.19. The minimum atomic E-state index is -0.688. The molecule has 4 rings (SSSR count). The van der Waals surface area contributed by atoms with Crippen molar-refractivity contribution < 1.29 is 23.9 Å². The second-order valence-corrected chi connectivity index (χ2v) is 9.62. The molecule has 3 aromatic rings. The maximum Gasteiger partial charge on any atom is 0.363 e. The number of carbonyl (C=O) groups excluding carboxylic acids is 1. The molecule has 0 spiro atoms. The summed E-state index contributed by atoms with van der Waals surface area (Å²) in [6.07, 6.45) is 1.53. The van der Waals surface area contributed by atoms with Gasteiger partial charge in [-0.3, -0.25) is 10.1 Å². The van der Waals surface area contributed by atoms with Crippen LogP contribution in [0.15, 0.2) is 74.2 Å². The van der Waals surface area contributed by atoms with Crippen molar-refractivity contribution in [1.82, 2.24) is 0 Å². The Morgan fingerprint density at radius 1 is 1.14 bits per heavy atom. The van der Waals surface area contributed by atoms with Crippen molar-refractivity contribution in [1.29, 1.82) is 0 Å². The number of cyclic esters (lactones) is 1. The van der Waals surface area contributed by atoms with Gasteiger partial charge in [0.25, 0.3) is 5.69 Å².